The van der Waals surface area contributed by atoms with Crippen molar-refractivity contribution in [3.8, 4) is 17.5 Å². The summed E-state index contributed by atoms with van der Waals surface area (Å²) in [6.45, 7) is 7.82. The van der Waals surface area contributed by atoms with Crippen LogP contribution in [0.5, 0.6) is 0 Å². The van der Waals surface area contributed by atoms with E-state index in [0.29, 0.717) is 17.2 Å². The highest BCUT2D eigenvalue weighted by Gasteiger charge is 2.26. The predicted octanol–water partition coefficient (Wildman–Crippen LogP) is 4.79. The average Bonchev–Trinajstić information content (AvgIpc) is 3.44. The number of aliphatic hydroxyl groups is 1. The van der Waals surface area contributed by atoms with Gasteiger partial charge in [0.2, 0.25) is 5.95 Å². The molecule has 5 rings (SSSR count). The maximum absolute atomic E-state index is 11.0. The Morgan fingerprint density at radius 1 is 1.12 bits per heavy atom. The lowest BCUT2D eigenvalue weighted by Gasteiger charge is -2.34. The second-order valence-electron chi connectivity index (χ2n) is 10.4. The Kier molecular flexibility index (Phi) is 8.70. The van der Waals surface area contributed by atoms with Crippen molar-refractivity contribution in [3.05, 3.63) is 77.2 Å². The summed E-state index contributed by atoms with van der Waals surface area (Å²) in [6, 6.07) is 14.3. The lowest BCUT2D eigenvalue weighted by molar-refractivity contribution is 0.0501. The first-order valence-corrected chi connectivity index (χ1v) is 14.0. The Bertz CT molecular complexity index is 1470. The fourth-order valence-electron chi connectivity index (χ4n) is 5.49. The molecule has 0 spiro atoms. The molecule has 208 valence electrons. The van der Waals surface area contributed by atoms with E-state index in [1.807, 2.05) is 47.9 Å². The van der Waals surface area contributed by atoms with E-state index in [-0.39, 0.29) is 12.0 Å². The van der Waals surface area contributed by atoms with Gasteiger partial charge in [-0.25, -0.2) is 15.0 Å². The molecule has 40 heavy (non-hydrogen) atoms. The molecule has 4 heterocycles. The van der Waals surface area contributed by atoms with E-state index in [9.17, 15) is 10.4 Å². The predicted molar refractivity (Wildman–Crippen MR) is 155 cm³/mol. The fourth-order valence-corrected chi connectivity index (χ4v) is 5.49. The van der Waals surface area contributed by atoms with Crippen LogP contribution in [0, 0.1) is 17.2 Å². The van der Waals surface area contributed by atoms with Gasteiger partial charge in [-0.2, -0.15) is 5.26 Å². The molecule has 1 aromatic carbocycles. The molecule has 0 radical (unpaired) electrons. The van der Waals surface area contributed by atoms with Crippen molar-refractivity contribution in [1.82, 2.24) is 24.3 Å². The van der Waals surface area contributed by atoms with E-state index < -0.39 is 6.10 Å². The number of imidazole rings is 1. The lowest BCUT2D eigenvalue weighted by Crippen LogP contribution is -2.37. The molecular weight excluding hydrogens is 502 g/mol. The van der Waals surface area contributed by atoms with Crippen molar-refractivity contribution >= 4 is 11.6 Å². The van der Waals surface area contributed by atoms with E-state index in [4.69, 9.17) is 9.72 Å². The van der Waals surface area contributed by atoms with E-state index >= 15 is 0 Å². The third-order valence-electron chi connectivity index (χ3n) is 7.96. The molecule has 1 aliphatic heterocycles. The molecule has 9 nitrogen and oxygen atoms in total. The molecule has 1 fully saturated rings. The smallest absolute Gasteiger partial charge is 0.223 e. The number of aliphatic hydroxyl groups excluding tert-OH is 1. The number of nitrogens with zero attached hydrogens (tertiary/aromatic N) is 6. The number of pyridine rings is 1. The molecule has 1 unspecified atom stereocenters. The first-order chi connectivity index (χ1) is 19.5. The number of hydrogen-bond acceptors (Lipinski definition) is 8. The summed E-state index contributed by atoms with van der Waals surface area (Å²) >= 11 is 0. The van der Waals surface area contributed by atoms with E-state index in [1.54, 1.807) is 19.5 Å². The molecule has 2 N–H and O–H groups in total. The first-order valence-electron chi connectivity index (χ1n) is 14.0. The van der Waals surface area contributed by atoms with Gasteiger partial charge in [0.1, 0.15) is 17.4 Å². The highest BCUT2D eigenvalue weighted by molar-refractivity contribution is 5.68. The van der Waals surface area contributed by atoms with Crippen molar-refractivity contribution in [2.24, 2.45) is 5.92 Å². The molecule has 0 aliphatic carbocycles. The van der Waals surface area contributed by atoms with Crippen LogP contribution in [0.15, 0.2) is 55.0 Å². The number of likely N-dealkylation sites (tertiary alicyclic amines) is 1. The van der Waals surface area contributed by atoms with Crippen LogP contribution in [0.25, 0.3) is 17.0 Å². The van der Waals surface area contributed by atoms with Crippen molar-refractivity contribution in [3.63, 3.8) is 0 Å². The van der Waals surface area contributed by atoms with Gasteiger partial charge in [-0.05, 0) is 68.0 Å². The number of ether oxygens (including phenoxy) is 1. The average molecular weight is 540 g/mol. The number of fused-ring (bicyclic) bond motifs is 1. The molecule has 1 saturated heterocycles. The Balaban J connectivity index is 1.28. The van der Waals surface area contributed by atoms with Crippen molar-refractivity contribution in [2.45, 2.75) is 45.3 Å². The van der Waals surface area contributed by atoms with Gasteiger partial charge < -0.3 is 20.1 Å². The van der Waals surface area contributed by atoms with Crippen molar-refractivity contribution < 1.29 is 9.84 Å². The van der Waals surface area contributed by atoms with Crippen LogP contribution in [-0.2, 0) is 11.2 Å². The summed E-state index contributed by atoms with van der Waals surface area (Å²) in [6.07, 6.45) is 7.62. The number of rotatable bonds is 10. The normalized spacial score (nSPS) is 16.1. The first kappa shape index (κ1) is 27.7. The zero-order chi connectivity index (χ0) is 28.1. The van der Waals surface area contributed by atoms with Gasteiger partial charge in [-0.3, -0.25) is 4.40 Å². The summed E-state index contributed by atoms with van der Waals surface area (Å²) in [5.74, 6) is 0.700. The molecule has 0 amide bonds. The minimum Gasteiger partial charge on any atom is -0.388 e. The maximum atomic E-state index is 11.0. The van der Waals surface area contributed by atoms with E-state index in [2.05, 4.69) is 39.2 Å². The molecule has 9 heteroatoms. The second kappa shape index (κ2) is 12.6. The highest BCUT2D eigenvalue weighted by atomic mass is 16.5. The van der Waals surface area contributed by atoms with Gasteiger partial charge in [0.25, 0.3) is 0 Å². The molecule has 2 atom stereocenters. The topological polar surface area (TPSA) is 112 Å². The van der Waals surface area contributed by atoms with Crippen molar-refractivity contribution in [2.75, 3.05) is 38.7 Å². The minimum absolute atomic E-state index is 0.0788. The van der Waals surface area contributed by atoms with Gasteiger partial charge in [0, 0.05) is 19.9 Å². The molecule has 4 aromatic rings. The monoisotopic (exact) mass is 539 g/mol. The van der Waals surface area contributed by atoms with Crippen LogP contribution in [0.3, 0.4) is 0 Å². The summed E-state index contributed by atoms with van der Waals surface area (Å²) < 4.78 is 7.17. The van der Waals surface area contributed by atoms with E-state index in [1.165, 1.54) is 0 Å². The van der Waals surface area contributed by atoms with Gasteiger partial charge in [-0.1, -0.05) is 37.3 Å². The van der Waals surface area contributed by atoms with Gasteiger partial charge in [0.05, 0.1) is 42.4 Å². The quantitative estimate of drug-likeness (QED) is 0.296. The Morgan fingerprint density at radius 3 is 2.58 bits per heavy atom. The van der Waals surface area contributed by atoms with Crippen LogP contribution >= 0.6 is 0 Å². The Labute approximate surface area is 235 Å². The van der Waals surface area contributed by atoms with Crippen LogP contribution in [0.2, 0.25) is 0 Å². The Morgan fingerprint density at radius 2 is 1.88 bits per heavy atom. The number of hydrogen-bond donors (Lipinski definition) is 2. The molecule has 0 saturated carbocycles. The van der Waals surface area contributed by atoms with Crippen LogP contribution in [0.4, 0.5) is 5.95 Å². The third-order valence-corrected chi connectivity index (χ3v) is 7.96. The van der Waals surface area contributed by atoms with E-state index in [0.717, 1.165) is 73.5 Å². The Hall–Kier alpha value is -3.84. The number of aryl methyl sites for hydroxylation is 1. The van der Waals surface area contributed by atoms with Crippen LogP contribution in [0.1, 0.15) is 61.1 Å². The van der Waals surface area contributed by atoms with Crippen molar-refractivity contribution in [1.29, 1.82) is 5.26 Å². The standard InChI is InChI=1S/C31H37N7O2/c1-4-22-6-5-13-38-27(20-33-30(22)38)28-26(18-32)19-34-31(36-28)35-21(2)23-7-9-24(10-8-23)29(39)25-11-14-37(15-12-25)16-17-40-3/h5-10,13,19-21,25,29,39H,4,11-12,14-17H2,1-3H3,(H,34,35,36)/t21-,29?/m0/s1. The maximum Gasteiger partial charge on any atom is 0.223 e. The minimum atomic E-state index is -0.468. The van der Waals surface area contributed by atoms with Crippen LogP contribution < -0.4 is 5.32 Å². The number of nitriles is 1. The molecular formula is C31H37N7O2. The summed E-state index contributed by atoms with van der Waals surface area (Å²) in [7, 11) is 1.73. The van der Waals surface area contributed by atoms with Gasteiger partial charge in [-0.15, -0.1) is 0 Å². The zero-order valence-corrected chi connectivity index (χ0v) is 23.4. The highest BCUT2D eigenvalue weighted by Crippen LogP contribution is 2.32. The number of piperidine rings is 1. The third kappa shape index (κ3) is 5.85. The molecule has 3 aromatic heterocycles. The van der Waals surface area contributed by atoms with Crippen LogP contribution in [-0.4, -0.2) is 62.7 Å². The van der Waals surface area contributed by atoms with Gasteiger partial charge in [0.15, 0.2) is 0 Å². The SMILES string of the molecule is CCc1cccn2c(-c3nc(N[C@@H](C)c4ccc(C(O)C5CCN(CCOC)CC5)cc4)ncc3C#N)cnc12. The summed E-state index contributed by atoms with van der Waals surface area (Å²) in [5.41, 5.74) is 5.69. The number of anilines is 1. The number of methoxy groups -OCH3 is 1. The number of nitrogens with one attached hydrogen (secondary N) is 1. The lowest BCUT2D eigenvalue weighted by atomic mass is 9.87. The van der Waals surface area contributed by atoms with Gasteiger partial charge >= 0.3 is 0 Å². The molecule has 0 bridgehead atoms. The summed E-state index contributed by atoms with van der Waals surface area (Å²) in [5, 5.41) is 24.2. The summed E-state index contributed by atoms with van der Waals surface area (Å²) in [4.78, 5) is 16.1. The fraction of sp³-hybridized carbons (Fsp3) is 0.419. The number of benzene rings is 1. The molecule has 1 aliphatic rings. The zero-order valence-electron chi connectivity index (χ0n) is 23.4. The largest absolute Gasteiger partial charge is 0.388 e. The number of aromatic nitrogens is 4. The second-order valence-corrected chi connectivity index (χ2v) is 10.4.